The number of hydrogen-bond acceptors (Lipinski definition) is 5. The molecule has 1 N–H and O–H groups in total. The van der Waals surface area contributed by atoms with Crippen LogP contribution < -0.4 is 11.3 Å². The summed E-state index contributed by atoms with van der Waals surface area (Å²) in [5.41, 5.74) is 1.41. The molecular formula is C19H12F2N4O3. The normalized spacial score (nSPS) is 10.9. The fourth-order valence-corrected chi connectivity index (χ4v) is 2.76. The third kappa shape index (κ3) is 3.63. The first kappa shape index (κ1) is 17.5. The van der Waals surface area contributed by atoms with Crippen molar-refractivity contribution in [2.75, 3.05) is 0 Å². The third-order valence-electron chi connectivity index (χ3n) is 4.00. The minimum absolute atomic E-state index is 0.112. The lowest BCUT2D eigenvalue weighted by atomic mass is 10.1. The molecule has 0 atom stereocenters. The lowest BCUT2D eigenvalue weighted by Gasteiger charge is -2.08. The number of nitrogens with zero attached hydrogens (tertiary/aromatic N) is 3. The van der Waals surface area contributed by atoms with Gasteiger partial charge in [0.25, 0.3) is 5.56 Å². The van der Waals surface area contributed by atoms with Gasteiger partial charge in [0.05, 0.1) is 12.2 Å². The van der Waals surface area contributed by atoms with Crippen molar-refractivity contribution < 1.29 is 13.3 Å². The van der Waals surface area contributed by atoms with Crippen LogP contribution in [0.5, 0.6) is 0 Å². The Bertz CT molecular complexity index is 1260. The molecule has 7 nitrogen and oxygen atoms in total. The van der Waals surface area contributed by atoms with Gasteiger partial charge in [0, 0.05) is 23.3 Å². The third-order valence-corrected chi connectivity index (χ3v) is 4.00. The zero-order valence-electron chi connectivity index (χ0n) is 14.2. The number of aromatic amines is 1. The Labute approximate surface area is 155 Å². The maximum atomic E-state index is 13.5. The van der Waals surface area contributed by atoms with Crippen molar-refractivity contribution in [1.29, 1.82) is 0 Å². The molecule has 140 valence electrons. The van der Waals surface area contributed by atoms with Crippen LogP contribution in [-0.2, 0) is 6.54 Å². The fourth-order valence-electron chi connectivity index (χ4n) is 2.76. The van der Waals surface area contributed by atoms with Gasteiger partial charge in [-0.25, -0.2) is 18.3 Å². The SMILES string of the molecule is O=c1[nH]c(-c2cccc(Cn3nc(-c4cc(F)cc(F)c4)ccc3=O)c2)no1. The second-order valence-electron chi connectivity index (χ2n) is 6.02. The molecule has 0 bridgehead atoms. The van der Waals surface area contributed by atoms with Gasteiger partial charge in [-0.05, 0) is 29.8 Å². The predicted octanol–water partition coefficient (Wildman–Crippen LogP) is 2.58. The summed E-state index contributed by atoms with van der Waals surface area (Å²) >= 11 is 0. The quantitative estimate of drug-likeness (QED) is 0.586. The van der Waals surface area contributed by atoms with Gasteiger partial charge in [-0.2, -0.15) is 5.10 Å². The molecule has 2 heterocycles. The second-order valence-corrected chi connectivity index (χ2v) is 6.02. The number of nitrogens with one attached hydrogen (secondary N) is 1. The summed E-state index contributed by atoms with van der Waals surface area (Å²) in [7, 11) is 0. The molecule has 4 aromatic rings. The minimum atomic E-state index is -0.733. The average molecular weight is 382 g/mol. The van der Waals surface area contributed by atoms with E-state index < -0.39 is 17.4 Å². The predicted molar refractivity (Wildman–Crippen MR) is 95.5 cm³/mol. The number of hydrogen-bond donors (Lipinski definition) is 1. The van der Waals surface area contributed by atoms with E-state index in [0.717, 1.165) is 18.2 Å². The summed E-state index contributed by atoms with van der Waals surface area (Å²) in [5, 5.41) is 7.83. The van der Waals surface area contributed by atoms with Crippen LogP contribution in [0.2, 0.25) is 0 Å². The van der Waals surface area contributed by atoms with Gasteiger partial charge >= 0.3 is 5.76 Å². The van der Waals surface area contributed by atoms with E-state index in [9.17, 15) is 18.4 Å². The number of H-pyrrole nitrogens is 1. The van der Waals surface area contributed by atoms with Gasteiger partial charge in [-0.1, -0.05) is 23.4 Å². The van der Waals surface area contributed by atoms with Crippen molar-refractivity contribution in [2.45, 2.75) is 6.54 Å². The Morgan fingerprint density at radius 1 is 0.964 bits per heavy atom. The van der Waals surface area contributed by atoms with Crippen molar-refractivity contribution in [3.63, 3.8) is 0 Å². The summed E-state index contributed by atoms with van der Waals surface area (Å²) < 4.78 is 32.6. The first-order valence-electron chi connectivity index (χ1n) is 8.18. The molecule has 28 heavy (non-hydrogen) atoms. The lowest BCUT2D eigenvalue weighted by Crippen LogP contribution is -2.22. The zero-order chi connectivity index (χ0) is 19.7. The smallest absolute Gasteiger partial charge is 0.296 e. The Morgan fingerprint density at radius 3 is 2.46 bits per heavy atom. The van der Waals surface area contributed by atoms with Gasteiger partial charge < -0.3 is 0 Å². The fraction of sp³-hybridized carbons (Fsp3) is 0.0526. The van der Waals surface area contributed by atoms with E-state index in [4.69, 9.17) is 0 Å². The standard InChI is InChI=1S/C19H12F2N4O3/c20-14-7-13(8-15(21)9-14)16-4-5-17(26)25(23-16)10-11-2-1-3-12(6-11)18-22-19(27)28-24-18/h1-9H,10H2,(H,22,24,27). The van der Waals surface area contributed by atoms with Gasteiger partial charge in [0.2, 0.25) is 0 Å². The summed E-state index contributed by atoms with van der Waals surface area (Å²) in [6.07, 6.45) is 0. The van der Waals surface area contributed by atoms with E-state index in [1.807, 2.05) is 0 Å². The van der Waals surface area contributed by atoms with Crippen LogP contribution in [0.15, 0.2) is 68.7 Å². The molecule has 0 spiro atoms. The highest BCUT2D eigenvalue weighted by atomic mass is 19.1. The average Bonchev–Trinajstić information content (AvgIpc) is 3.09. The van der Waals surface area contributed by atoms with Gasteiger partial charge in [0.1, 0.15) is 11.6 Å². The topological polar surface area (TPSA) is 93.8 Å². The molecule has 4 rings (SSSR count). The lowest BCUT2D eigenvalue weighted by molar-refractivity contribution is 0.388. The summed E-state index contributed by atoms with van der Waals surface area (Å²) in [5.74, 6) is -1.88. The largest absolute Gasteiger partial charge is 0.439 e. The molecule has 0 unspecified atom stereocenters. The number of aromatic nitrogens is 4. The molecule has 9 heteroatoms. The van der Waals surface area contributed by atoms with E-state index >= 15 is 0 Å². The first-order chi connectivity index (χ1) is 13.5. The Balaban J connectivity index is 1.69. The monoisotopic (exact) mass is 382 g/mol. The number of halogens is 2. The highest BCUT2D eigenvalue weighted by Crippen LogP contribution is 2.19. The Kier molecular flexibility index (Phi) is 4.40. The van der Waals surface area contributed by atoms with Crippen molar-refractivity contribution in [3.8, 4) is 22.6 Å². The molecule has 2 aromatic heterocycles. The van der Waals surface area contributed by atoms with Crippen LogP contribution in [0.3, 0.4) is 0 Å². The molecular weight excluding hydrogens is 370 g/mol. The summed E-state index contributed by atoms with van der Waals surface area (Å²) in [4.78, 5) is 25.7. The molecule has 0 amide bonds. The van der Waals surface area contributed by atoms with Crippen molar-refractivity contribution in [3.05, 3.63) is 92.7 Å². The molecule has 2 aromatic carbocycles. The van der Waals surface area contributed by atoms with Crippen LogP contribution in [0.25, 0.3) is 22.6 Å². The first-order valence-corrected chi connectivity index (χ1v) is 8.18. The molecule has 0 saturated carbocycles. The van der Waals surface area contributed by atoms with Crippen LogP contribution in [0.1, 0.15) is 5.56 Å². The van der Waals surface area contributed by atoms with E-state index in [0.29, 0.717) is 11.1 Å². The van der Waals surface area contributed by atoms with E-state index in [1.54, 1.807) is 24.3 Å². The van der Waals surface area contributed by atoms with Crippen molar-refractivity contribution in [2.24, 2.45) is 0 Å². The maximum absolute atomic E-state index is 13.5. The van der Waals surface area contributed by atoms with Crippen molar-refractivity contribution >= 4 is 0 Å². The minimum Gasteiger partial charge on any atom is -0.296 e. The molecule has 0 aliphatic carbocycles. The molecule has 0 radical (unpaired) electrons. The Hall–Kier alpha value is -3.88. The van der Waals surface area contributed by atoms with E-state index in [-0.39, 0.29) is 29.2 Å². The second kappa shape index (κ2) is 7.03. The highest BCUT2D eigenvalue weighted by Gasteiger charge is 2.09. The van der Waals surface area contributed by atoms with Crippen LogP contribution in [-0.4, -0.2) is 19.9 Å². The Morgan fingerprint density at radius 2 is 1.75 bits per heavy atom. The number of rotatable bonds is 4. The number of benzene rings is 2. The summed E-state index contributed by atoms with van der Waals surface area (Å²) in [6.45, 7) is 0.112. The molecule has 0 aliphatic heterocycles. The molecule has 0 aliphatic rings. The van der Waals surface area contributed by atoms with Crippen LogP contribution in [0.4, 0.5) is 8.78 Å². The molecule has 0 fully saturated rings. The zero-order valence-corrected chi connectivity index (χ0v) is 14.2. The van der Waals surface area contributed by atoms with E-state index in [2.05, 4.69) is 19.8 Å². The van der Waals surface area contributed by atoms with Crippen molar-refractivity contribution in [1.82, 2.24) is 19.9 Å². The van der Waals surface area contributed by atoms with Gasteiger partial charge in [-0.3, -0.25) is 14.3 Å². The summed E-state index contributed by atoms with van der Waals surface area (Å²) in [6, 6.07) is 12.7. The van der Waals surface area contributed by atoms with Crippen LogP contribution in [0, 0.1) is 11.6 Å². The highest BCUT2D eigenvalue weighted by molar-refractivity contribution is 5.58. The maximum Gasteiger partial charge on any atom is 0.439 e. The van der Waals surface area contributed by atoms with E-state index in [1.165, 1.54) is 16.8 Å². The van der Waals surface area contributed by atoms with Gasteiger partial charge in [0.15, 0.2) is 5.82 Å². The van der Waals surface area contributed by atoms with Crippen LogP contribution >= 0.6 is 0 Å². The molecule has 0 saturated heterocycles. The van der Waals surface area contributed by atoms with Gasteiger partial charge in [-0.15, -0.1) is 0 Å².